The van der Waals surface area contributed by atoms with E-state index >= 15 is 0 Å². The number of aliphatic carboxylic acids is 1. The van der Waals surface area contributed by atoms with E-state index in [1.54, 1.807) is 0 Å². The van der Waals surface area contributed by atoms with Gasteiger partial charge in [0.2, 0.25) is 0 Å². The maximum Gasteiger partial charge on any atom is 0.344 e. The highest BCUT2D eigenvalue weighted by Crippen LogP contribution is 2.34. The predicted octanol–water partition coefficient (Wildman–Crippen LogP) is 4.67. The van der Waals surface area contributed by atoms with Crippen molar-refractivity contribution in [1.29, 1.82) is 0 Å². The van der Waals surface area contributed by atoms with Crippen LogP contribution in [-0.4, -0.2) is 17.2 Å². The van der Waals surface area contributed by atoms with Gasteiger partial charge in [0, 0.05) is 6.07 Å². The normalized spacial score (nSPS) is 12.2. The molecule has 0 bridgehead atoms. The van der Waals surface area contributed by atoms with E-state index in [1.807, 2.05) is 6.92 Å². The van der Waals surface area contributed by atoms with Crippen molar-refractivity contribution in [2.45, 2.75) is 32.3 Å². The molecule has 1 rings (SSSR count). The second-order valence-corrected chi connectivity index (χ2v) is 5.01. The molecule has 1 aromatic carbocycles. The molecule has 0 heterocycles. The van der Waals surface area contributed by atoms with E-state index in [9.17, 15) is 4.79 Å². The fraction of sp³-hybridized carbons (Fsp3) is 0.417. The lowest BCUT2D eigenvalue weighted by atomic mass is 10.1. The maximum atomic E-state index is 11.0. The third-order valence-electron chi connectivity index (χ3n) is 2.34. The Balaban J connectivity index is 2.86. The molecule has 6 heteroatoms. The molecule has 0 radical (unpaired) electrons. The molecule has 0 amide bonds. The summed E-state index contributed by atoms with van der Waals surface area (Å²) in [6.07, 6.45) is 1.14. The summed E-state index contributed by atoms with van der Waals surface area (Å²) in [5.74, 6) is -0.792. The highest BCUT2D eigenvalue weighted by Gasteiger charge is 2.20. The van der Waals surface area contributed by atoms with Crippen molar-refractivity contribution in [3.05, 3.63) is 27.2 Å². The smallest absolute Gasteiger partial charge is 0.344 e. The molecule has 0 spiro atoms. The lowest BCUT2D eigenvalue weighted by Gasteiger charge is -2.16. The van der Waals surface area contributed by atoms with Crippen molar-refractivity contribution in [2.75, 3.05) is 0 Å². The molecule has 0 aliphatic rings. The van der Waals surface area contributed by atoms with Crippen LogP contribution in [0.2, 0.25) is 15.1 Å². The molecule has 0 saturated heterocycles. The molecular weight excluding hydrogens is 298 g/mol. The molecule has 0 aliphatic heterocycles. The lowest BCUT2D eigenvalue weighted by Crippen LogP contribution is -2.27. The number of carboxylic acids is 1. The van der Waals surface area contributed by atoms with Crippen LogP contribution in [-0.2, 0) is 4.79 Å². The van der Waals surface area contributed by atoms with Gasteiger partial charge in [-0.1, -0.05) is 48.1 Å². The van der Waals surface area contributed by atoms with E-state index in [0.29, 0.717) is 11.4 Å². The van der Waals surface area contributed by atoms with Crippen LogP contribution in [0, 0.1) is 0 Å². The SMILES string of the molecule is CCCCC(Oc1cc(Cl)c(Cl)cc1Cl)C(=O)O. The number of carboxylic acid groups (broad SMARTS) is 1. The molecule has 18 heavy (non-hydrogen) atoms. The third-order valence-corrected chi connectivity index (χ3v) is 3.36. The number of rotatable bonds is 6. The van der Waals surface area contributed by atoms with Crippen molar-refractivity contribution in [3.63, 3.8) is 0 Å². The van der Waals surface area contributed by atoms with Gasteiger partial charge in [0.05, 0.1) is 15.1 Å². The predicted molar refractivity (Wildman–Crippen MR) is 73.0 cm³/mol. The van der Waals surface area contributed by atoms with Gasteiger partial charge < -0.3 is 9.84 Å². The number of hydrogen-bond acceptors (Lipinski definition) is 2. The van der Waals surface area contributed by atoms with Gasteiger partial charge in [-0.15, -0.1) is 0 Å². The number of hydrogen-bond donors (Lipinski definition) is 1. The first kappa shape index (κ1) is 15.4. The van der Waals surface area contributed by atoms with Crippen LogP contribution in [0.4, 0.5) is 0 Å². The Morgan fingerprint density at radius 1 is 1.28 bits per heavy atom. The zero-order valence-corrected chi connectivity index (χ0v) is 12.0. The van der Waals surface area contributed by atoms with Crippen molar-refractivity contribution >= 4 is 40.8 Å². The van der Waals surface area contributed by atoms with Crippen LogP contribution in [0.5, 0.6) is 5.75 Å². The Kier molecular flexibility index (Phi) is 6.06. The van der Waals surface area contributed by atoms with Gasteiger partial charge in [-0.25, -0.2) is 4.79 Å². The van der Waals surface area contributed by atoms with Crippen LogP contribution in [0.3, 0.4) is 0 Å². The largest absolute Gasteiger partial charge is 0.479 e. The number of halogens is 3. The highest BCUT2D eigenvalue weighted by atomic mass is 35.5. The molecule has 1 aromatic rings. The quantitative estimate of drug-likeness (QED) is 0.777. The molecular formula is C12H13Cl3O3. The fourth-order valence-electron chi connectivity index (χ4n) is 1.37. The molecule has 0 aliphatic carbocycles. The summed E-state index contributed by atoms with van der Waals surface area (Å²) in [6, 6.07) is 2.85. The molecule has 0 aromatic heterocycles. The van der Waals surface area contributed by atoms with E-state index in [2.05, 4.69) is 0 Å². The average molecular weight is 312 g/mol. The van der Waals surface area contributed by atoms with Crippen molar-refractivity contribution in [1.82, 2.24) is 0 Å². The Bertz CT molecular complexity index is 435. The minimum Gasteiger partial charge on any atom is -0.479 e. The summed E-state index contributed by atoms with van der Waals surface area (Å²) in [5, 5.41) is 9.87. The molecule has 3 nitrogen and oxygen atoms in total. The molecule has 100 valence electrons. The Morgan fingerprint density at radius 3 is 2.44 bits per heavy atom. The van der Waals surface area contributed by atoms with Crippen molar-refractivity contribution in [3.8, 4) is 5.75 Å². The fourth-order valence-corrected chi connectivity index (χ4v) is 1.95. The topological polar surface area (TPSA) is 46.5 Å². The molecule has 1 unspecified atom stereocenters. The minimum atomic E-state index is -1.02. The van der Waals surface area contributed by atoms with Crippen molar-refractivity contribution in [2.24, 2.45) is 0 Å². The highest BCUT2D eigenvalue weighted by molar-refractivity contribution is 6.43. The standard InChI is InChI=1S/C12H13Cl3O3/c1-2-3-4-10(12(16)17)18-11-6-8(14)7(13)5-9(11)15/h5-6,10H,2-4H2,1H3,(H,16,17). The average Bonchev–Trinajstić information content (AvgIpc) is 2.30. The van der Waals surface area contributed by atoms with Crippen molar-refractivity contribution < 1.29 is 14.6 Å². The number of carbonyl (C=O) groups is 1. The van der Waals surface area contributed by atoms with Crippen LogP contribution in [0.25, 0.3) is 0 Å². The van der Waals surface area contributed by atoms with E-state index in [0.717, 1.165) is 12.8 Å². The van der Waals surface area contributed by atoms with Gasteiger partial charge in [0.1, 0.15) is 5.75 Å². The van der Waals surface area contributed by atoms with Gasteiger partial charge >= 0.3 is 5.97 Å². The van der Waals surface area contributed by atoms with Gasteiger partial charge in [-0.05, 0) is 18.9 Å². The Hall–Kier alpha value is -0.640. The second-order valence-electron chi connectivity index (χ2n) is 3.78. The zero-order valence-electron chi connectivity index (χ0n) is 9.75. The lowest BCUT2D eigenvalue weighted by molar-refractivity contribution is -0.145. The van der Waals surface area contributed by atoms with Gasteiger partial charge in [0.25, 0.3) is 0 Å². The van der Waals surface area contributed by atoms with Crippen LogP contribution in [0.15, 0.2) is 12.1 Å². The maximum absolute atomic E-state index is 11.0. The first-order valence-corrected chi connectivity index (χ1v) is 6.63. The van der Waals surface area contributed by atoms with E-state index < -0.39 is 12.1 Å². The monoisotopic (exact) mass is 310 g/mol. The zero-order chi connectivity index (χ0) is 13.7. The molecule has 1 atom stereocenters. The van der Waals surface area contributed by atoms with Gasteiger partial charge in [-0.2, -0.15) is 0 Å². The third kappa shape index (κ3) is 4.23. The first-order chi connectivity index (χ1) is 8.45. The summed E-state index contributed by atoms with van der Waals surface area (Å²) < 4.78 is 5.37. The van der Waals surface area contributed by atoms with E-state index in [1.165, 1.54) is 12.1 Å². The number of benzene rings is 1. The summed E-state index contributed by atoms with van der Waals surface area (Å²) in [7, 11) is 0. The van der Waals surface area contributed by atoms with Crippen LogP contribution < -0.4 is 4.74 Å². The Morgan fingerprint density at radius 2 is 1.89 bits per heavy atom. The van der Waals surface area contributed by atoms with Crippen LogP contribution >= 0.6 is 34.8 Å². The molecule has 0 saturated carbocycles. The molecule has 0 fully saturated rings. The first-order valence-electron chi connectivity index (χ1n) is 5.49. The summed E-state index contributed by atoms with van der Waals surface area (Å²) >= 11 is 17.5. The summed E-state index contributed by atoms with van der Waals surface area (Å²) in [4.78, 5) is 11.0. The second kappa shape index (κ2) is 7.07. The van der Waals surface area contributed by atoms with Crippen LogP contribution in [0.1, 0.15) is 26.2 Å². The minimum absolute atomic E-state index is 0.231. The summed E-state index contributed by atoms with van der Waals surface area (Å²) in [6.45, 7) is 1.98. The molecule has 1 N–H and O–H groups in total. The van der Waals surface area contributed by atoms with E-state index in [-0.39, 0.29) is 15.8 Å². The summed E-state index contributed by atoms with van der Waals surface area (Å²) in [5.41, 5.74) is 0. The van der Waals surface area contributed by atoms with E-state index in [4.69, 9.17) is 44.6 Å². The Labute approximate surface area is 121 Å². The number of ether oxygens (including phenoxy) is 1. The number of unbranched alkanes of at least 4 members (excludes halogenated alkanes) is 1. The van der Waals surface area contributed by atoms with Gasteiger partial charge in [-0.3, -0.25) is 0 Å². The van der Waals surface area contributed by atoms with Gasteiger partial charge in [0.15, 0.2) is 6.10 Å².